The summed E-state index contributed by atoms with van der Waals surface area (Å²) in [5, 5.41) is 5.83. The highest BCUT2D eigenvalue weighted by Crippen LogP contribution is 2.21. The van der Waals surface area contributed by atoms with E-state index < -0.39 is 0 Å². The molecule has 138 valence electrons. The van der Waals surface area contributed by atoms with Gasteiger partial charge < -0.3 is 10.6 Å². The van der Waals surface area contributed by atoms with Gasteiger partial charge in [-0.1, -0.05) is 20.8 Å². The van der Waals surface area contributed by atoms with Crippen LogP contribution in [0.5, 0.6) is 0 Å². The van der Waals surface area contributed by atoms with Gasteiger partial charge in [-0.3, -0.25) is 9.69 Å². The molecule has 1 aromatic carbocycles. The number of urea groups is 1. The van der Waals surface area contributed by atoms with Gasteiger partial charge in [0, 0.05) is 23.8 Å². The van der Waals surface area contributed by atoms with E-state index >= 15 is 0 Å². The predicted molar refractivity (Wildman–Crippen MR) is 102 cm³/mol. The molecule has 2 amide bonds. The van der Waals surface area contributed by atoms with Crippen LogP contribution in [-0.2, 0) is 0 Å². The fraction of sp³-hybridized carbons (Fsp3) is 0.600. The van der Waals surface area contributed by atoms with Crippen molar-refractivity contribution in [3.05, 3.63) is 29.8 Å². The largest absolute Gasteiger partial charge is 0.336 e. The zero-order valence-corrected chi connectivity index (χ0v) is 15.8. The second-order valence-corrected chi connectivity index (χ2v) is 7.50. The molecule has 2 rings (SSSR count). The first-order valence-corrected chi connectivity index (χ1v) is 9.26. The Morgan fingerprint density at radius 1 is 1.16 bits per heavy atom. The lowest BCUT2D eigenvalue weighted by Crippen LogP contribution is -2.50. The molecule has 1 fully saturated rings. The lowest BCUT2D eigenvalue weighted by molar-refractivity contribution is 0.101. The molecule has 0 radical (unpaired) electrons. The number of ketones is 1. The summed E-state index contributed by atoms with van der Waals surface area (Å²) in [6.07, 6.45) is 2.47. The number of anilines is 1. The highest BCUT2D eigenvalue weighted by atomic mass is 16.2. The molecule has 1 heterocycles. The molecule has 0 aliphatic carbocycles. The van der Waals surface area contributed by atoms with Gasteiger partial charge in [-0.15, -0.1) is 0 Å². The van der Waals surface area contributed by atoms with E-state index in [-0.39, 0.29) is 11.8 Å². The summed E-state index contributed by atoms with van der Waals surface area (Å²) in [6.45, 7) is 11.1. The average molecular weight is 345 g/mol. The SMILES string of the molecule is CC(=O)c1ccc(NC(=O)NCC(C(C)C)N2CCC(C)CC2)cc1. The molecule has 1 atom stereocenters. The highest BCUT2D eigenvalue weighted by molar-refractivity contribution is 5.95. The average Bonchev–Trinajstić information content (AvgIpc) is 2.57. The van der Waals surface area contributed by atoms with Crippen molar-refractivity contribution in [3.8, 4) is 0 Å². The Hall–Kier alpha value is -1.88. The number of carbonyl (C=O) groups is 2. The van der Waals surface area contributed by atoms with E-state index in [2.05, 4.69) is 36.3 Å². The van der Waals surface area contributed by atoms with E-state index in [1.54, 1.807) is 24.3 Å². The van der Waals surface area contributed by atoms with Gasteiger partial charge in [0.05, 0.1) is 0 Å². The number of Topliss-reactive ketones (excluding diaryl/α,β-unsaturated/α-hetero) is 1. The van der Waals surface area contributed by atoms with E-state index in [1.165, 1.54) is 19.8 Å². The lowest BCUT2D eigenvalue weighted by atomic mass is 9.94. The minimum absolute atomic E-state index is 0.0200. The number of piperidine rings is 1. The fourth-order valence-electron chi connectivity index (χ4n) is 3.31. The molecule has 1 aromatic rings. The number of carbonyl (C=O) groups excluding carboxylic acids is 2. The van der Waals surface area contributed by atoms with Crippen LogP contribution in [0.2, 0.25) is 0 Å². The first-order valence-electron chi connectivity index (χ1n) is 9.26. The number of hydrogen-bond acceptors (Lipinski definition) is 3. The first kappa shape index (κ1) is 19.4. The van der Waals surface area contributed by atoms with Crippen molar-refractivity contribution < 1.29 is 9.59 Å². The van der Waals surface area contributed by atoms with E-state index in [0.717, 1.165) is 19.0 Å². The zero-order chi connectivity index (χ0) is 18.4. The van der Waals surface area contributed by atoms with E-state index in [1.807, 2.05) is 0 Å². The third-order valence-corrected chi connectivity index (χ3v) is 5.08. The van der Waals surface area contributed by atoms with Crippen molar-refractivity contribution in [2.24, 2.45) is 11.8 Å². The van der Waals surface area contributed by atoms with Crippen molar-refractivity contribution in [1.82, 2.24) is 10.2 Å². The Morgan fingerprint density at radius 2 is 1.76 bits per heavy atom. The maximum atomic E-state index is 12.2. The minimum atomic E-state index is -0.202. The van der Waals surface area contributed by atoms with Crippen LogP contribution in [0.1, 0.15) is 50.9 Å². The summed E-state index contributed by atoms with van der Waals surface area (Å²) in [6, 6.07) is 7.11. The Labute approximate surface area is 151 Å². The van der Waals surface area contributed by atoms with Crippen LogP contribution in [0.25, 0.3) is 0 Å². The molecule has 5 nitrogen and oxygen atoms in total. The summed E-state index contributed by atoms with van der Waals surface area (Å²) in [7, 11) is 0. The number of hydrogen-bond donors (Lipinski definition) is 2. The van der Waals surface area contributed by atoms with Crippen LogP contribution < -0.4 is 10.6 Å². The molecule has 25 heavy (non-hydrogen) atoms. The Bertz CT molecular complexity index is 575. The van der Waals surface area contributed by atoms with E-state index in [4.69, 9.17) is 0 Å². The van der Waals surface area contributed by atoms with Gasteiger partial charge in [0.1, 0.15) is 0 Å². The van der Waals surface area contributed by atoms with Crippen LogP contribution in [0.15, 0.2) is 24.3 Å². The van der Waals surface area contributed by atoms with E-state index in [9.17, 15) is 9.59 Å². The second kappa shape index (κ2) is 8.99. The van der Waals surface area contributed by atoms with Crippen molar-refractivity contribution in [3.63, 3.8) is 0 Å². The summed E-state index contributed by atoms with van der Waals surface area (Å²) in [5.41, 5.74) is 1.33. The van der Waals surface area contributed by atoms with Crippen molar-refractivity contribution in [2.75, 3.05) is 25.0 Å². The van der Waals surface area contributed by atoms with Crippen LogP contribution in [0.4, 0.5) is 10.5 Å². The van der Waals surface area contributed by atoms with Crippen LogP contribution >= 0.6 is 0 Å². The summed E-state index contributed by atoms with van der Waals surface area (Å²) in [4.78, 5) is 26.0. The minimum Gasteiger partial charge on any atom is -0.336 e. The summed E-state index contributed by atoms with van der Waals surface area (Å²) in [5.74, 6) is 1.31. The third kappa shape index (κ3) is 5.85. The molecule has 0 bridgehead atoms. The predicted octanol–water partition coefficient (Wildman–Crippen LogP) is 3.77. The Balaban J connectivity index is 1.85. The standard InChI is InChI=1S/C20H31N3O2/c1-14(2)19(23-11-9-15(3)10-12-23)13-21-20(25)22-18-7-5-17(6-8-18)16(4)24/h5-8,14-15,19H,9-13H2,1-4H3,(H2,21,22,25). The van der Waals surface area contributed by atoms with Gasteiger partial charge >= 0.3 is 6.03 Å². The highest BCUT2D eigenvalue weighted by Gasteiger charge is 2.25. The number of likely N-dealkylation sites (tertiary alicyclic amines) is 1. The normalized spacial score (nSPS) is 17.3. The number of nitrogens with one attached hydrogen (secondary N) is 2. The van der Waals surface area contributed by atoms with Gasteiger partial charge in [0.2, 0.25) is 0 Å². The van der Waals surface area contributed by atoms with Crippen LogP contribution in [0, 0.1) is 11.8 Å². The van der Waals surface area contributed by atoms with Gasteiger partial charge in [0.25, 0.3) is 0 Å². The Kier molecular flexibility index (Phi) is 7.00. The van der Waals surface area contributed by atoms with Gasteiger partial charge in [-0.05, 0) is 69.0 Å². The molecular weight excluding hydrogens is 314 g/mol. The molecule has 1 aliphatic rings. The number of benzene rings is 1. The monoisotopic (exact) mass is 345 g/mol. The number of nitrogens with zero attached hydrogens (tertiary/aromatic N) is 1. The maximum Gasteiger partial charge on any atom is 0.319 e. The lowest BCUT2D eigenvalue weighted by Gasteiger charge is -2.38. The molecule has 1 unspecified atom stereocenters. The fourth-order valence-corrected chi connectivity index (χ4v) is 3.31. The molecule has 0 aromatic heterocycles. The van der Waals surface area contributed by atoms with Crippen LogP contribution in [-0.4, -0.2) is 42.4 Å². The quantitative estimate of drug-likeness (QED) is 0.772. The molecule has 1 aliphatic heterocycles. The second-order valence-electron chi connectivity index (χ2n) is 7.50. The van der Waals surface area contributed by atoms with Crippen molar-refractivity contribution in [2.45, 2.75) is 46.6 Å². The maximum absolute atomic E-state index is 12.2. The first-order chi connectivity index (χ1) is 11.9. The van der Waals surface area contributed by atoms with Gasteiger partial charge in [-0.2, -0.15) is 0 Å². The van der Waals surface area contributed by atoms with Crippen LogP contribution in [0.3, 0.4) is 0 Å². The molecule has 0 saturated carbocycles. The van der Waals surface area contributed by atoms with Crippen molar-refractivity contribution >= 4 is 17.5 Å². The Morgan fingerprint density at radius 3 is 2.28 bits per heavy atom. The molecule has 2 N–H and O–H groups in total. The van der Waals surface area contributed by atoms with E-state index in [0.29, 0.717) is 29.8 Å². The number of amides is 2. The third-order valence-electron chi connectivity index (χ3n) is 5.08. The summed E-state index contributed by atoms with van der Waals surface area (Å²) >= 11 is 0. The zero-order valence-electron chi connectivity index (χ0n) is 15.8. The van der Waals surface area contributed by atoms with Gasteiger partial charge in [-0.25, -0.2) is 4.79 Å². The molecular formula is C20H31N3O2. The summed E-state index contributed by atoms with van der Waals surface area (Å²) < 4.78 is 0. The molecule has 1 saturated heterocycles. The topological polar surface area (TPSA) is 61.4 Å². The molecule has 5 heteroatoms. The van der Waals surface area contributed by atoms with Gasteiger partial charge in [0.15, 0.2) is 5.78 Å². The van der Waals surface area contributed by atoms with Crippen molar-refractivity contribution in [1.29, 1.82) is 0 Å². The smallest absolute Gasteiger partial charge is 0.319 e. The molecule has 0 spiro atoms. The number of rotatable bonds is 6.